The smallest absolute Gasteiger partial charge is 0.223 e. The Kier molecular flexibility index (Phi) is 8.84. The van der Waals surface area contributed by atoms with Crippen LogP contribution in [0.5, 0.6) is 5.75 Å². The van der Waals surface area contributed by atoms with E-state index in [4.69, 9.17) is 4.74 Å². The third-order valence-corrected chi connectivity index (χ3v) is 5.64. The van der Waals surface area contributed by atoms with Gasteiger partial charge >= 0.3 is 0 Å². The predicted octanol–water partition coefficient (Wildman–Crippen LogP) is 2.52. The Morgan fingerprint density at radius 1 is 1.23 bits per heavy atom. The van der Waals surface area contributed by atoms with Gasteiger partial charge in [0.2, 0.25) is 11.8 Å². The standard InChI is InChI=1S/C24H32N4O3/c1-31-22-9-3-2-7-21(22)17-27-24(30)20-8-5-14-28(15-11-23(29)26-13-10-20)18-19-6-4-12-25-16-19/h2-4,6-7,9,12,16,20H,5,8,10-11,13-15,17-18H2,1H3,(H,26,29)(H,27,30). The summed E-state index contributed by atoms with van der Waals surface area (Å²) in [5, 5.41) is 6.02. The highest BCUT2D eigenvalue weighted by Crippen LogP contribution is 2.18. The lowest BCUT2D eigenvalue weighted by Gasteiger charge is -2.22. The molecule has 166 valence electrons. The van der Waals surface area contributed by atoms with Crippen LogP contribution in [0.25, 0.3) is 0 Å². The molecule has 0 radical (unpaired) electrons. The molecule has 2 aromatic rings. The normalized spacial score (nSPS) is 18.5. The summed E-state index contributed by atoms with van der Waals surface area (Å²) in [5.41, 5.74) is 2.08. The van der Waals surface area contributed by atoms with E-state index in [9.17, 15) is 9.59 Å². The number of nitrogens with zero attached hydrogens (tertiary/aromatic N) is 2. The minimum atomic E-state index is -0.131. The van der Waals surface area contributed by atoms with Crippen LogP contribution in [0.4, 0.5) is 0 Å². The molecule has 0 saturated carbocycles. The maximum Gasteiger partial charge on any atom is 0.223 e. The van der Waals surface area contributed by atoms with E-state index < -0.39 is 0 Å². The Labute approximate surface area is 184 Å². The largest absolute Gasteiger partial charge is 0.496 e. The van der Waals surface area contributed by atoms with Gasteiger partial charge in [-0.2, -0.15) is 0 Å². The van der Waals surface area contributed by atoms with Gasteiger partial charge in [0.1, 0.15) is 5.75 Å². The Morgan fingerprint density at radius 3 is 2.90 bits per heavy atom. The molecule has 1 aromatic carbocycles. The van der Waals surface area contributed by atoms with Gasteiger partial charge in [0.15, 0.2) is 0 Å². The first-order valence-corrected chi connectivity index (χ1v) is 10.9. The molecule has 1 atom stereocenters. The zero-order valence-electron chi connectivity index (χ0n) is 18.2. The second-order valence-corrected chi connectivity index (χ2v) is 7.89. The molecule has 7 heteroatoms. The van der Waals surface area contributed by atoms with Crippen LogP contribution in [0.15, 0.2) is 48.8 Å². The number of hydrogen-bond acceptors (Lipinski definition) is 5. The Morgan fingerprint density at radius 2 is 2.10 bits per heavy atom. The fraction of sp³-hybridized carbons (Fsp3) is 0.458. The lowest BCUT2D eigenvalue weighted by molar-refractivity contribution is -0.126. The van der Waals surface area contributed by atoms with Crippen LogP contribution in [-0.2, 0) is 22.7 Å². The van der Waals surface area contributed by atoms with Crippen molar-refractivity contribution >= 4 is 11.8 Å². The van der Waals surface area contributed by atoms with Crippen molar-refractivity contribution in [3.8, 4) is 5.75 Å². The zero-order chi connectivity index (χ0) is 21.9. The van der Waals surface area contributed by atoms with Crippen molar-refractivity contribution in [1.29, 1.82) is 0 Å². The number of para-hydroxylation sites is 1. The van der Waals surface area contributed by atoms with Gasteiger partial charge in [0.25, 0.3) is 0 Å². The minimum absolute atomic E-state index is 0.0261. The molecule has 3 rings (SSSR count). The number of nitrogens with one attached hydrogen (secondary N) is 2. The highest BCUT2D eigenvalue weighted by atomic mass is 16.5. The maximum absolute atomic E-state index is 12.9. The van der Waals surface area contributed by atoms with Crippen molar-refractivity contribution < 1.29 is 14.3 Å². The van der Waals surface area contributed by atoms with E-state index in [0.29, 0.717) is 32.5 Å². The quantitative estimate of drug-likeness (QED) is 0.745. The number of carbonyl (C=O) groups is 2. The molecule has 0 aliphatic carbocycles. The fourth-order valence-electron chi connectivity index (χ4n) is 3.90. The van der Waals surface area contributed by atoms with Crippen LogP contribution < -0.4 is 15.4 Å². The van der Waals surface area contributed by atoms with E-state index in [-0.39, 0.29) is 17.7 Å². The molecule has 2 N–H and O–H groups in total. The summed E-state index contributed by atoms with van der Waals surface area (Å²) in [4.78, 5) is 31.5. The molecular formula is C24H32N4O3. The van der Waals surface area contributed by atoms with E-state index in [1.54, 1.807) is 13.3 Å². The van der Waals surface area contributed by atoms with Crippen LogP contribution in [0.3, 0.4) is 0 Å². The van der Waals surface area contributed by atoms with E-state index in [1.165, 1.54) is 0 Å². The first-order valence-electron chi connectivity index (χ1n) is 10.9. The molecule has 2 heterocycles. The summed E-state index contributed by atoms with van der Waals surface area (Å²) in [6.45, 7) is 3.25. The molecule has 31 heavy (non-hydrogen) atoms. The van der Waals surface area contributed by atoms with Crippen LogP contribution in [-0.4, -0.2) is 48.4 Å². The number of aromatic nitrogens is 1. The zero-order valence-corrected chi connectivity index (χ0v) is 18.2. The lowest BCUT2D eigenvalue weighted by atomic mass is 9.97. The van der Waals surface area contributed by atoms with Crippen LogP contribution in [0, 0.1) is 5.92 Å². The summed E-state index contributed by atoms with van der Waals surface area (Å²) in [6, 6.07) is 11.7. The molecule has 0 spiro atoms. The number of pyridine rings is 1. The van der Waals surface area contributed by atoms with Crippen LogP contribution in [0.2, 0.25) is 0 Å². The molecular weight excluding hydrogens is 392 g/mol. The summed E-state index contributed by atoms with van der Waals surface area (Å²) < 4.78 is 5.37. The van der Waals surface area contributed by atoms with Crippen molar-refractivity contribution in [3.05, 3.63) is 59.9 Å². The average Bonchev–Trinajstić information content (AvgIpc) is 2.84. The second-order valence-electron chi connectivity index (χ2n) is 7.89. The number of carbonyl (C=O) groups excluding carboxylic acids is 2. The molecule has 1 aromatic heterocycles. The summed E-state index contributed by atoms with van der Waals surface area (Å²) in [6.07, 6.45) is 6.42. The maximum atomic E-state index is 12.9. The molecule has 1 fully saturated rings. The third-order valence-electron chi connectivity index (χ3n) is 5.64. The van der Waals surface area contributed by atoms with Gasteiger partial charge in [-0.1, -0.05) is 24.3 Å². The monoisotopic (exact) mass is 424 g/mol. The molecule has 1 unspecified atom stereocenters. The number of benzene rings is 1. The Bertz CT molecular complexity index is 844. The summed E-state index contributed by atoms with van der Waals surface area (Å²) in [7, 11) is 1.63. The lowest BCUT2D eigenvalue weighted by Crippen LogP contribution is -2.33. The topological polar surface area (TPSA) is 83.6 Å². The first-order chi connectivity index (χ1) is 15.2. The third kappa shape index (κ3) is 7.36. The Hall–Kier alpha value is -2.93. The van der Waals surface area contributed by atoms with Crippen LogP contribution >= 0.6 is 0 Å². The van der Waals surface area contributed by atoms with Crippen molar-refractivity contribution in [2.75, 3.05) is 26.7 Å². The fourth-order valence-corrected chi connectivity index (χ4v) is 3.90. The molecule has 1 aliphatic rings. The van der Waals surface area contributed by atoms with Gasteiger partial charge in [-0.3, -0.25) is 19.5 Å². The number of hydrogen-bond donors (Lipinski definition) is 2. The number of methoxy groups -OCH3 is 1. The molecule has 0 bridgehead atoms. The van der Waals surface area contributed by atoms with Gasteiger partial charge < -0.3 is 15.4 Å². The van der Waals surface area contributed by atoms with E-state index in [0.717, 1.165) is 42.8 Å². The highest BCUT2D eigenvalue weighted by Gasteiger charge is 2.20. The number of rotatable bonds is 6. The second kappa shape index (κ2) is 12.1. The first kappa shape index (κ1) is 22.7. The van der Waals surface area contributed by atoms with Gasteiger partial charge in [0, 0.05) is 56.5 Å². The van der Waals surface area contributed by atoms with Gasteiger partial charge in [-0.25, -0.2) is 0 Å². The van der Waals surface area contributed by atoms with Crippen LogP contribution in [0.1, 0.15) is 36.8 Å². The Balaban J connectivity index is 1.58. The summed E-state index contributed by atoms with van der Waals surface area (Å²) >= 11 is 0. The molecule has 2 amide bonds. The van der Waals surface area contributed by atoms with Gasteiger partial charge in [0.05, 0.1) is 7.11 Å². The highest BCUT2D eigenvalue weighted by molar-refractivity contribution is 5.79. The molecule has 7 nitrogen and oxygen atoms in total. The average molecular weight is 425 g/mol. The van der Waals surface area contributed by atoms with Crippen molar-refractivity contribution in [3.63, 3.8) is 0 Å². The minimum Gasteiger partial charge on any atom is -0.496 e. The van der Waals surface area contributed by atoms with Gasteiger partial charge in [-0.15, -0.1) is 0 Å². The predicted molar refractivity (Wildman–Crippen MR) is 119 cm³/mol. The van der Waals surface area contributed by atoms with E-state index >= 15 is 0 Å². The van der Waals surface area contributed by atoms with Crippen molar-refractivity contribution in [2.45, 2.75) is 38.8 Å². The SMILES string of the molecule is COc1ccccc1CNC(=O)C1CCCN(Cc2cccnc2)CCC(=O)NCC1. The van der Waals surface area contributed by atoms with E-state index in [2.05, 4.69) is 20.5 Å². The van der Waals surface area contributed by atoms with E-state index in [1.807, 2.05) is 42.6 Å². The number of ether oxygens (including phenoxy) is 1. The van der Waals surface area contributed by atoms with Crippen molar-refractivity contribution in [1.82, 2.24) is 20.5 Å². The molecule has 1 saturated heterocycles. The van der Waals surface area contributed by atoms with Crippen molar-refractivity contribution in [2.24, 2.45) is 5.92 Å². The summed E-state index contributed by atoms with van der Waals surface area (Å²) in [5.74, 6) is 0.696. The molecule has 1 aliphatic heterocycles. The van der Waals surface area contributed by atoms with Gasteiger partial charge in [-0.05, 0) is 43.5 Å². The number of amides is 2.